The van der Waals surface area contributed by atoms with Crippen molar-refractivity contribution in [3.05, 3.63) is 28.9 Å². The lowest BCUT2D eigenvalue weighted by atomic mass is 10.1. The van der Waals surface area contributed by atoms with Crippen LogP contribution in [-0.4, -0.2) is 12.1 Å². The molecule has 0 bridgehead atoms. The van der Waals surface area contributed by atoms with E-state index in [0.717, 1.165) is 17.5 Å². The number of benzene rings is 1. The van der Waals surface area contributed by atoms with E-state index in [2.05, 4.69) is 4.98 Å². The Morgan fingerprint density at radius 3 is 2.81 bits per heavy atom. The van der Waals surface area contributed by atoms with Gasteiger partial charge in [0.2, 0.25) is 0 Å². The number of fused-ring (bicyclic) bond motifs is 1. The average Bonchev–Trinajstić information content (AvgIpc) is 2.30. The van der Waals surface area contributed by atoms with E-state index in [1.165, 1.54) is 0 Å². The first kappa shape index (κ1) is 11.0. The number of nitrogen functional groups attached to an aromatic ring is 1. The minimum absolute atomic E-state index is 0.595. The summed E-state index contributed by atoms with van der Waals surface area (Å²) in [6, 6.07) is 5.43. The van der Waals surface area contributed by atoms with Crippen molar-refractivity contribution in [2.24, 2.45) is 0 Å². The third-order valence-corrected chi connectivity index (χ3v) is 2.84. The van der Waals surface area contributed by atoms with Gasteiger partial charge in [-0.1, -0.05) is 18.5 Å². The summed E-state index contributed by atoms with van der Waals surface area (Å²) in [5, 5.41) is 1.38. The first-order chi connectivity index (χ1) is 7.67. The first-order valence-corrected chi connectivity index (χ1v) is 5.46. The second kappa shape index (κ2) is 4.18. The van der Waals surface area contributed by atoms with Gasteiger partial charge in [-0.05, 0) is 24.6 Å². The summed E-state index contributed by atoms with van der Waals surface area (Å²) in [7, 11) is 1.61. The summed E-state index contributed by atoms with van der Waals surface area (Å²) >= 11 is 6.11. The molecule has 0 unspecified atom stereocenters. The normalized spacial score (nSPS) is 10.7. The molecule has 0 fully saturated rings. The minimum atomic E-state index is 0.595. The van der Waals surface area contributed by atoms with Gasteiger partial charge in [0.1, 0.15) is 5.75 Å². The quantitative estimate of drug-likeness (QED) is 0.872. The molecule has 3 nitrogen and oxygen atoms in total. The second-order valence-electron chi connectivity index (χ2n) is 3.53. The predicted octanol–water partition coefficient (Wildman–Crippen LogP) is 3.04. The highest BCUT2D eigenvalue weighted by molar-refractivity contribution is 6.35. The number of rotatable bonds is 2. The van der Waals surface area contributed by atoms with Gasteiger partial charge in [-0.3, -0.25) is 4.98 Å². The van der Waals surface area contributed by atoms with Gasteiger partial charge in [-0.25, -0.2) is 0 Å². The Labute approximate surface area is 99.2 Å². The van der Waals surface area contributed by atoms with Crippen LogP contribution in [-0.2, 0) is 6.42 Å². The van der Waals surface area contributed by atoms with E-state index >= 15 is 0 Å². The van der Waals surface area contributed by atoms with Crippen LogP contribution in [0.4, 0.5) is 5.69 Å². The number of halogens is 1. The van der Waals surface area contributed by atoms with Crippen molar-refractivity contribution in [3.63, 3.8) is 0 Å². The van der Waals surface area contributed by atoms with E-state index in [-0.39, 0.29) is 0 Å². The number of hydrogen-bond acceptors (Lipinski definition) is 3. The lowest BCUT2D eigenvalue weighted by molar-refractivity contribution is 0.420. The molecule has 4 heteroatoms. The highest BCUT2D eigenvalue weighted by Crippen LogP contribution is 2.34. The molecule has 2 N–H and O–H groups in total. The van der Waals surface area contributed by atoms with Gasteiger partial charge in [0.25, 0.3) is 0 Å². The van der Waals surface area contributed by atoms with E-state index < -0.39 is 0 Å². The number of aryl methyl sites for hydroxylation is 1. The topological polar surface area (TPSA) is 48.1 Å². The first-order valence-electron chi connectivity index (χ1n) is 5.09. The molecule has 0 amide bonds. The molecule has 16 heavy (non-hydrogen) atoms. The Balaban J connectivity index is 2.86. The second-order valence-corrected chi connectivity index (χ2v) is 3.94. The largest absolute Gasteiger partial charge is 0.496 e. The maximum absolute atomic E-state index is 6.11. The molecule has 0 aliphatic rings. The van der Waals surface area contributed by atoms with Crippen LogP contribution in [0.15, 0.2) is 18.2 Å². The third kappa shape index (κ3) is 1.67. The van der Waals surface area contributed by atoms with E-state index in [1.54, 1.807) is 19.2 Å². The van der Waals surface area contributed by atoms with Gasteiger partial charge in [0, 0.05) is 11.4 Å². The van der Waals surface area contributed by atoms with Gasteiger partial charge < -0.3 is 10.5 Å². The molecule has 0 aliphatic carbocycles. The van der Waals surface area contributed by atoms with Gasteiger partial charge in [0.05, 0.1) is 23.0 Å². The lowest BCUT2D eigenvalue weighted by Crippen LogP contribution is -1.97. The predicted molar refractivity (Wildman–Crippen MR) is 67.1 cm³/mol. The number of aromatic nitrogens is 1. The van der Waals surface area contributed by atoms with Crippen LogP contribution in [0.3, 0.4) is 0 Å². The molecule has 2 rings (SSSR count). The van der Waals surface area contributed by atoms with Gasteiger partial charge in [-0.2, -0.15) is 0 Å². The Morgan fingerprint density at radius 1 is 1.44 bits per heavy atom. The zero-order valence-electron chi connectivity index (χ0n) is 9.25. The number of pyridine rings is 1. The number of nitrogens with two attached hydrogens (primary N) is 1. The molecule has 1 aromatic carbocycles. The Kier molecular flexibility index (Phi) is 2.88. The van der Waals surface area contributed by atoms with Crippen molar-refractivity contribution in [1.82, 2.24) is 4.98 Å². The molecule has 0 aliphatic heterocycles. The standard InChI is InChI=1S/C12H13ClN2O/c1-3-7-6-9(14)11-10(16-2)5-4-8(13)12(11)15-7/h4-6H,3H2,1-2H3,(H2,14,15). The van der Waals surface area contributed by atoms with Crippen molar-refractivity contribution >= 4 is 28.2 Å². The van der Waals surface area contributed by atoms with E-state index in [0.29, 0.717) is 22.0 Å². The van der Waals surface area contributed by atoms with Crippen molar-refractivity contribution in [1.29, 1.82) is 0 Å². The zero-order chi connectivity index (χ0) is 11.7. The number of ether oxygens (including phenoxy) is 1. The molecule has 1 aromatic heterocycles. The van der Waals surface area contributed by atoms with Crippen molar-refractivity contribution in [2.75, 3.05) is 12.8 Å². The molecular weight excluding hydrogens is 224 g/mol. The molecule has 0 spiro atoms. The number of methoxy groups -OCH3 is 1. The molecule has 0 saturated carbocycles. The van der Waals surface area contributed by atoms with Gasteiger partial charge in [-0.15, -0.1) is 0 Å². The molecule has 0 atom stereocenters. The lowest BCUT2D eigenvalue weighted by Gasteiger charge is -2.10. The number of nitrogens with zero attached hydrogens (tertiary/aromatic N) is 1. The fourth-order valence-corrected chi connectivity index (χ4v) is 1.91. The molecular formula is C12H13ClN2O. The molecule has 84 valence electrons. The summed E-state index contributed by atoms with van der Waals surface area (Å²) in [6.07, 6.45) is 0.827. The maximum Gasteiger partial charge on any atom is 0.130 e. The van der Waals surface area contributed by atoms with Crippen LogP contribution >= 0.6 is 11.6 Å². The molecule has 2 aromatic rings. The number of anilines is 1. The Morgan fingerprint density at radius 2 is 2.19 bits per heavy atom. The summed E-state index contributed by atoms with van der Waals surface area (Å²) in [5.74, 6) is 0.701. The number of hydrogen-bond donors (Lipinski definition) is 1. The van der Waals surface area contributed by atoms with Crippen LogP contribution in [0.1, 0.15) is 12.6 Å². The molecule has 0 saturated heterocycles. The molecule has 0 radical (unpaired) electrons. The van der Waals surface area contributed by atoms with E-state index in [4.69, 9.17) is 22.1 Å². The van der Waals surface area contributed by atoms with Gasteiger partial charge >= 0.3 is 0 Å². The van der Waals surface area contributed by atoms with E-state index in [1.807, 2.05) is 13.0 Å². The third-order valence-electron chi connectivity index (χ3n) is 2.54. The Hall–Kier alpha value is -1.48. The van der Waals surface area contributed by atoms with Crippen molar-refractivity contribution < 1.29 is 4.74 Å². The summed E-state index contributed by atoms with van der Waals surface area (Å²) in [4.78, 5) is 4.47. The fourth-order valence-electron chi connectivity index (χ4n) is 1.71. The van der Waals surface area contributed by atoms with Crippen LogP contribution < -0.4 is 10.5 Å². The SMILES string of the molecule is CCc1cc(N)c2c(OC)ccc(Cl)c2n1. The highest BCUT2D eigenvalue weighted by Gasteiger charge is 2.11. The van der Waals surface area contributed by atoms with Crippen molar-refractivity contribution in [3.8, 4) is 5.75 Å². The van der Waals surface area contributed by atoms with Gasteiger partial charge in [0.15, 0.2) is 0 Å². The summed E-state index contributed by atoms with van der Waals surface area (Å²) in [6.45, 7) is 2.03. The molecule has 1 heterocycles. The summed E-state index contributed by atoms with van der Waals surface area (Å²) in [5.41, 5.74) is 8.29. The highest BCUT2D eigenvalue weighted by atomic mass is 35.5. The van der Waals surface area contributed by atoms with Crippen molar-refractivity contribution in [2.45, 2.75) is 13.3 Å². The summed E-state index contributed by atoms with van der Waals surface area (Å²) < 4.78 is 5.26. The Bertz CT molecular complexity index is 540. The smallest absolute Gasteiger partial charge is 0.130 e. The van der Waals surface area contributed by atoms with Crippen LogP contribution in [0, 0.1) is 0 Å². The average molecular weight is 237 g/mol. The van der Waals surface area contributed by atoms with Crippen LogP contribution in [0.25, 0.3) is 10.9 Å². The minimum Gasteiger partial charge on any atom is -0.496 e. The van der Waals surface area contributed by atoms with E-state index in [9.17, 15) is 0 Å². The van der Waals surface area contributed by atoms with Crippen LogP contribution in [0.2, 0.25) is 5.02 Å². The maximum atomic E-state index is 6.11. The van der Waals surface area contributed by atoms with Crippen LogP contribution in [0.5, 0.6) is 5.75 Å². The zero-order valence-corrected chi connectivity index (χ0v) is 10.0. The fraction of sp³-hybridized carbons (Fsp3) is 0.250. The monoisotopic (exact) mass is 236 g/mol.